The molecule has 0 amide bonds. The van der Waals surface area contributed by atoms with Crippen LogP contribution in [0.25, 0.3) is 0 Å². The molecule has 0 aliphatic rings. The number of ether oxygens (including phenoxy) is 1. The molecule has 0 rings (SSSR count). The normalized spacial score (nSPS) is 13.8. The zero-order valence-corrected chi connectivity index (χ0v) is 8.34. The van der Waals surface area contributed by atoms with E-state index in [1.54, 1.807) is 0 Å². The average Bonchev–Trinajstić information content (AvgIpc) is 1.97. The standard InChI is InChI=1S/C9H21NO2/c1-4-5-6-10-7-9(11)12-8(2)3/h8-11H,4-7H2,1-3H3. The van der Waals surface area contributed by atoms with E-state index in [9.17, 15) is 5.11 Å². The van der Waals surface area contributed by atoms with E-state index in [-0.39, 0.29) is 6.10 Å². The van der Waals surface area contributed by atoms with Crippen molar-refractivity contribution in [3.05, 3.63) is 0 Å². The van der Waals surface area contributed by atoms with Crippen LogP contribution in [-0.2, 0) is 4.74 Å². The lowest BCUT2D eigenvalue weighted by Gasteiger charge is -2.15. The highest BCUT2D eigenvalue weighted by Gasteiger charge is 2.04. The van der Waals surface area contributed by atoms with E-state index in [2.05, 4.69) is 12.2 Å². The van der Waals surface area contributed by atoms with Gasteiger partial charge in [0.1, 0.15) is 0 Å². The molecule has 1 unspecified atom stereocenters. The van der Waals surface area contributed by atoms with Crippen molar-refractivity contribution >= 4 is 0 Å². The second-order valence-corrected chi connectivity index (χ2v) is 3.20. The zero-order chi connectivity index (χ0) is 9.40. The number of unbranched alkanes of at least 4 members (excludes halogenated alkanes) is 1. The number of nitrogens with one attached hydrogen (secondary N) is 1. The van der Waals surface area contributed by atoms with E-state index in [0.29, 0.717) is 6.54 Å². The Morgan fingerprint density at radius 2 is 2.08 bits per heavy atom. The monoisotopic (exact) mass is 175 g/mol. The van der Waals surface area contributed by atoms with Crippen LogP contribution in [0.2, 0.25) is 0 Å². The highest BCUT2D eigenvalue weighted by Crippen LogP contribution is 1.93. The summed E-state index contributed by atoms with van der Waals surface area (Å²) in [5, 5.41) is 12.4. The minimum atomic E-state index is -0.665. The lowest BCUT2D eigenvalue weighted by atomic mass is 10.3. The van der Waals surface area contributed by atoms with Crippen molar-refractivity contribution < 1.29 is 9.84 Å². The Morgan fingerprint density at radius 3 is 2.58 bits per heavy atom. The van der Waals surface area contributed by atoms with Crippen LogP contribution in [-0.4, -0.2) is 30.6 Å². The zero-order valence-electron chi connectivity index (χ0n) is 8.34. The van der Waals surface area contributed by atoms with Gasteiger partial charge in [-0.2, -0.15) is 0 Å². The maximum atomic E-state index is 9.23. The SMILES string of the molecule is CCCCNCC(O)OC(C)C. The van der Waals surface area contributed by atoms with Gasteiger partial charge in [0.05, 0.1) is 6.10 Å². The van der Waals surface area contributed by atoms with Gasteiger partial charge in [-0.15, -0.1) is 0 Å². The van der Waals surface area contributed by atoms with Crippen LogP contribution < -0.4 is 5.32 Å². The maximum Gasteiger partial charge on any atom is 0.167 e. The Kier molecular flexibility index (Phi) is 7.45. The van der Waals surface area contributed by atoms with Gasteiger partial charge < -0.3 is 15.2 Å². The first kappa shape index (κ1) is 11.9. The van der Waals surface area contributed by atoms with Crippen LogP contribution in [0.15, 0.2) is 0 Å². The van der Waals surface area contributed by atoms with Crippen LogP contribution in [0.3, 0.4) is 0 Å². The fraction of sp³-hybridized carbons (Fsp3) is 1.00. The number of hydrogen-bond donors (Lipinski definition) is 2. The molecule has 0 aliphatic heterocycles. The van der Waals surface area contributed by atoms with Gasteiger partial charge >= 0.3 is 0 Å². The first-order chi connectivity index (χ1) is 5.66. The fourth-order valence-electron chi connectivity index (χ4n) is 0.890. The molecule has 0 spiro atoms. The summed E-state index contributed by atoms with van der Waals surface area (Å²) in [6.45, 7) is 7.44. The van der Waals surface area contributed by atoms with Gasteiger partial charge in [-0.25, -0.2) is 0 Å². The van der Waals surface area contributed by atoms with Crippen LogP contribution in [0.4, 0.5) is 0 Å². The third kappa shape index (κ3) is 7.98. The Morgan fingerprint density at radius 1 is 1.42 bits per heavy atom. The first-order valence-electron chi connectivity index (χ1n) is 4.71. The molecule has 0 heterocycles. The van der Waals surface area contributed by atoms with Gasteiger partial charge in [0.15, 0.2) is 6.29 Å². The van der Waals surface area contributed by atoms with Crippen molar-refractivity contribution in [2.24, 2.45) is 0 Å². The third-order valence-electron chi connectivity index (χ3n) is 1.46. The van der Waals surface area contributed by atoms with E-state index >= 15 is 0 Å². The molecule has 0 aromatic carbocycles. The first-order valence-corrected chi connectivity index (χ1v) is 4.71. The fourth-order valence-corrected chi connectivity index (χ4v) is 0.890. The van der Waals surface area contributed by atoms with Crippen molar-refractivity contribution in [1.29, 1.82) is 0 Å². The van der Waals surface area contributed by atoms with Crippen molar-refractivity contribution in [3.63, 3.8) is 0 Å². The molecule has 0 fully saturated rings. The second kappa shape index (κ2) is 7.53. The van der Waals surface area contributed by atoms with Crippen molar-refractivity contribution in [1.82, 2.24) is 5.32 Å². The minimum Gasteiger partial charge on any atom is -0.367 e. The number of hydrogen-bond acceptors (Lipinski definition) is 3. The Hall–Kier alpha value is -0.120. The quantitative estimate of drug-likeness (QED) is 0.450. The summed E-state index contributed by atoms with van der Waals surface area (Å²) in [5.74, 6) is 0. The van der Waals surface area contributed by atoms with Crippen LogP contribution in [0.5, 0.6) is 0 Å². The molecule has 0 aliphatic carbocycles. The molecule has 3 nitrogen and oxygen atoms in total. The second-order valence-electron chi connectivity index (χ2n) is 3.20. The van der Waals surface area contributed by atoms with E-state index in [1.165, 1.54) is 6.42 Å². The molecule has 0 bridgehead atoms. The Balaban J connectivity index is 3.14. The Labute approximate surface area is 75.1 Å². The average molecular weight is 175 g/mol. The van der Waals surface area contributed by atoms with Crippen LogP contribution in [0, 0.1) is 0 Å². The lowest BCUT2D eigenvalue weighted by molar-refractivity contribution is -0.121. The van der Waals surface area contributed by atoms with Gasteiger partial charge in [0, 0.05) is 6.54 Å². The summed E-state index contributed by atoms with van der Waals surface area (Å²) in [5.41, 5.74) is 0. The predicted molar refractivity (Wildman–Crippen MR) is 50.0 cm³/mol. The highest BCUT2D eigenvalue weighted by atomic mass is 16.6. The topological polar surface area (TPSA) is 41.5 Å². The largest absolute Gasteiger partial charge is 0.367 e. The van der Waals surface area contributed by atoms with Gasteiger partial charge in [-0.05, 0) is 26.8 Å². The lowest BCUT2D eigenvalue weighted by Crippen LogP contribution is -2.31. The van der Waals surface area contributed by atoms with Crippen molar-refractivity contribution in [2.75, 3.05) is 13.1 Å². The van der Waals surface area contributed by atoms with Gasteiger partial charge in [-0.3, -0.25) is 0 Å². The molecule has 1 atom stereocenters. The number of rotatable bonds is 7. The molecule has 74 valence electrons. The molecule has 2 N–H and O–H groups in total. The highest BCUT2D eigenvalue weighted by molar-refractivity contribution is 4.50. The summed E-state index contributed by atoms with van der Waals surface area (Å²) in [6, 6.07) is 0. The van der Waals surface area contributed by atoms with E-state index in [0.717, 1.165) is 13.0 Å². The van der Waals surface area contributed by atoms with E-state index in [4.69, 9.17) is 4.74 Å². The van der Waals surface area contributed by atoms with Gasteiger partial charge in [-0.1, -0.05) is 13.3 Å². The summed E-state index contributed by atoms with van der Waals surface area (Å²) in [4.78, 5) is 0. The minimum absolute atomic E-state index is 0.0907. The molecule has 3 heteroatoms. The summed E-state index contributed by atoms with van der Waals surface area (Å²) >= 11 is 0. The number of aliphatic hydroxyl groups is 1. The van der Waals surface area contributed by atoms with Crippen LogP contribution in [0.1, 0.15) is 33.6 Å². The molecule has 0 saturated carbocycles. The molecule has 0 aromatic heterocycles. The molecule has 0 saturated heterocycles. The van der Waals surface area contributed by atoms with E-state index < -0.39 is 6.29 Å². The Bertz CT molecular complexity index is 96.5. The summed E-state index contributed by atoms with van der Waals surface area (Å²) in [7, 11) is 0. The predicted octanol–water partition coefficient (Wildman–Crippen LogP) is 1.12. The van der Waals surface area contributed by atoms with E-state index in [1.807, 2.05) is 13.8 Å². The molecular formula is C9H21NO2. The van der Waals surface area contributed by atoms with Gasteiger partial charge in [0.2, 0.25) is 0 Å². The smallest absolute Gasteiger partial charge is 0.167 e. The molecule has 12 heavy (non-hydrogen) atoms. The van der Waals surface area contributed by atoms with Crippen LogP contribution >= 0.6 is 0 Å². The molecule has 0 radical (unpaired) electrons. The summed E-state index contributed by atoms with van der Waals surface area (Å²) in [6.07, 6.45) is 1.75. The van der Waals surface area contributed by atoms with Crippen molar-refractivity contribution in [2.45, 2.75) is 46.0 Å². The maximum absolute atomic E-state index is 9.23. The molecule has 0 aromatic rings. The van der Waals surface area contributed by atoms with Crippen molar-refractivity contribution in [3.8, 4) is 0 Å². The third-order valence-corrected chi connectivity index (χ3v) is 1.46. The summed E-state index contributed by atoms with van der Waals surface area (Å²) < 4.78 is 5.12. The number of aliphatic hydroxyl groups excluding tert-OH is 1. The molecular weight excluding hydrogens is 154 g/mol. The van der Waals surface area contributed by atoms with Gasteiger partial charge in [0.25, 0.3) is 0 Å².